The van der Waals surface area contributed by atoms with Crippen molar-refractivity contribution < 1.29 is 9.47 Å². The monoisotopic (exact) mass is 370 g/mol. The van der Waals surface area contributed by atoms with E-state index in [4.69, 9.17) is 9.47 Å². The van der Waals surface area contributed by atoms with Gasteiger partial charge in [0.25, 0.3) is 0 Å². The van der Waals surface area contributed by atoms with Gasteiger partial charge in [0.05, 0.1) is 14.2 Å². The summed E-state index contributed by atoms with van der Waals surface area (Å²) in [6.45, 7) is 2.12. The Kier molecular flexibility index (Phi) is 4.90. The highest BCUT2D eigenvalue weighted by Crippen LogP contribution is 2.34. The van der Waals surface area contributed by atoms with Gasteiger partial charge in [-0.3, -0.25) is 4.98 Å². The lowest BCUT2D eigenvalue weighted by molar-refractivity contribution is 0.355. The molecule has 4 rings (SSSR count). The van der Waals surface area contributed by atoms with E-state index < -0.39 is 0 Å². The van der Waals surface area contributed by atoms with Gasteiger partial charge in [-0.05, 0) is 61.2 Å². The van der Waals surface area contributed by atoms with E-state index in [2.05, 4.69) is 26.1 Å². The number of hydrogen-bond acceptors (Lipinski definition) is 7. The molecular weight excluding hydrogens is 348 g/mol. The predicted octanol–water partition coefficient (Wildman–Crippen LogP) is 3.54. The Morgan fingerprint density at radius 3 is 2.65 bits per heavy atom. The number of anilines is 1. The number of nitrogens with zero attached hydrogens (tertiary/aromatic N) is 2. The van der Waals surface area contributed by atoms with E-state index in [1.165, 1.54) is 11.5 Å². The maximum atomic E-state index is 5.40. The van der Waals surface area contributed by atoms with Crippen LogP contribution in [0.5, 0.6) is 11.5 Å². The van der Waals surface area contributed by atoms with Crippen molar-refractivity contribution >= 4 is 27.6 Å². The van der Waals surface area contributed by atoms with Gasteiger partial charge in [-0.2, -0.15) is 4.37 Å². The third-order valence-corrected chi connectivity index (χ3v) is 5.49. The summed E-state index contributed by atoms with van der Waals surface area (Å²) in [5.74, 6) is 1.42. The van der Waals surface area contributed by atoms with E-state index in [1.54, 1.807) is 14.2 Å². The first-order valence-corrected chi connectivity index (χ1v) is 9.51. The average molecular weight is 370 g/mol. The molecule has 0 radical (unpaired) electrons. The third-order valence-electron chi connectivity index (χ3n) is 4.71. The van der Waals surface area contributed by atoms with Gasteiger partial charge >= 0.3 is 0 Å². The normalized spacial score (nSPS) is 15.2. The number of benzene rings is 1. The number of pyridine rings is 1. The van der Waals surface area contributed by atoms with E-state index in [9.17, 15) is 0 Å². The van der Waals surface area contributed by atoms with Crippen LogP contribution in [0.2, 0.25) is 0 Å². The van der Waals surface area contributed by atoms with Gasteiger partial charge in [0.2, 0.25) is 0 Å². The molecule has 0 unspecified atom stereocenters. The van der Waals surface area contributed by atoms with E-state index in [-0.39, 0.29) is 0 Å². The van der Waals surface area contributed by atoms with Crippen LogP contribution in [0.4, 0.5) is 5.00 Å². The second kappa shape index (κ2) is 7.47. The van der Waals surface area contributed by atoms with Crippen molar-refractivity contribution in [3.8, 4) is 22.6 Å². The van der Waals surface area contributed by atoms with Crippen molar-refractivity contribution in [2.75, 3.05) is 32.6 Å². The molecule has 0 aliphatic carbocycles. The predicted molar refractivity (Wildman–Crippen MR) is 105 cm³/mol. The minimum Gasteiger partial charge on any atom is -0.493 e. The summed E-state index contributed by atoms with van der Waals surface area (Å²) in [6.07, 6.45) is 4.15. The Bertz CT molecular complexity index is 906. The zero-order valence-corrected chi connectivity index (χ0v) is 15.7. The fraction of sp³-hybridized carbons (Fsp3) is 0.368. The molecule has 0 saturated carbocycles. The van der Waals surface area contributed by atoms with Gasteiger partial charge < -0.3 is 20.1 Å². The van der Waals surface area contributed by atoms with Gasteiger partial charge in [-0.25, -0.2) is 0 Å². The van der Waals surface area contributed by atoms with Crippen molar-refractivity contribution in [2.24, 2.45) is 0 Å². The van der Waals surface area contributed by atoms with Crippen molar-refractivity contribution in [1.82, 2.24) is 14.7 Å². The van der Waals surface area contributed by atoms with Gasteiger partial charge in [0.1, 0.15) is 16.0 Å². The van der Waals surface area contributed by atoms with Crippen LogP contribution in [-0.2, 0) is 0 Å². The fourth-order valence-corrected chi connectivity index (χ4v) is 4.05. The maximum absolute atomic E-state index is 5.40. The molecule has 6 nitrogen and oxygen atoms in total. The second-order valence-electron chi connectivity index (χ2n) is 6.34. The highest BCUT2D eigenvalue weighted by molar-refractivity contribution is 7.11. The van der Waals surface area contributed by atoms with Gasteiger partial charge in [0.15, 0.2) is 11.5 Å². The molecule has 0 spiro atoms. The SMILES string of the molecule is COc1ccc(-c2cnc3c(NC4CCNCC4)snc3c2)cc1OC. The number of fused-ring (bicyclic) bond motifs is 1. The quantitative estimate of drug-likeness (QED) is 0.716. The Morgan fingerprint density at radius 1 is 1.08 bits per heavy atom. The van der Waals surface area contributed by atoms with Gasteiger partial charge in [-0.1, -0.05) is 6.07 Å². The summed E-state index contributed by atoms with van der Waals surface area (Å²) in [5.41, 5.74) is 3.89. The molecule has 7 heteroatoms. The number of rotatable bonds is 5. The number of piperidine rings is 1. The lowest BCUT2D eigenvalue weighted by Gasteiger charge is -2.23. The molecule has 136 valence electrons. The number of hydrogen-bond donors (Lipinski definition) is 2. The number of aromatic nitrogens is 2. The molecule has 0 amide bonds. The smallest absolute Gasteiger partial charge is 0.161 e. The summed E-state index contributed by atoms with van der Waals surface area (Å²) in [5, 5.41) is 8.06. The zero-order chi connectivity index (χ0) is 17.9. The van der Waals surface area contributed by atoms with Crippen molar-refractivity contribution in [3.63, 3.8) is 0 Å². The average Bonchev–Trinajstić information content (AvgIpc) is 3.10. The van der Waals surface area contributed by atoms with E-state index >= 15 is 0 Å². The van der Waals surface area contributed by atoms with Crippen LogP contribution in [0.15, 0.2) is 30.5 Å². The molecule has 1 fully saturated rings. The second-order valence-corrected chi connectivity index (χ2v) is 7.12. The van der Waals surface area contributed by atoms with Crippen molar-refractivity contribution in [2.45, 2.75) is 18.9 Å². The summed E-state index contributed by atoms with van der Waals surface area (Å²) in [6, 6.07) is 8.44. The first-order valence-electron chi connectivity index (χ1n) is 8.73. The van der Waals surface area contributed by atoms with Crippen LogP contribution < -0.4 is 20.1 Å². The van der Waals surface area contributed by atoms with E-state index in [0.717, 1.165) is 53.1 Å². The first-order chi connectivity index (χ1) is 12.8. The molecule has 0 bridgehead atoms. The molecule has 1 aliphatic rings. The molecular formula is C19H22N4O2S. The Hall–Kier alpha value is -2.38. The highest BCUT2D eigenvalue weighted by atomic mass is 32.1. The van der Waals surface area contributed by atoms with E-state index in [1.807, 2.05) is 24.4 Å². The minimum atomic E-state index is 0.493. The Balaban J connectivity index is 1.62. The molecule has 0 atom stereocenters. The molecule has 2 N–H and O–H groups in total. The van der Waals surface area contributed by atoms with Crippen molar-refractivity contribution in [1.29, 1.82) is 0 Å². The molecule has 1 saturated heterocycles. The largest absolute Gasteiger partial charge is 0.493 e. The summed E-state index contributed by atoms with van der Waals surface area (Å²) >= 11 is 1.49. The lowest BCUT2D eigenvalue weighted by Crippen LogP contribution is -2.35. The number of nitrogens with one attached hydrogen (secondary N) is 2. The minimum absolute atomic E-state index is 0.493. The zero-order valence-electron chi connectivity index (χ0n) is 14.9. The topological polar surface area (TPSA) is 68.3 Å². The molecule has 2 aromatic heterocycles. The highest BCUT2D eigenvalue weighted by Gasteiger charge is 2.16. The Labute approximate surface area is 156 Å². The van der Waals surface area contributed by atoms with E-state index in [0.29, 0.717) is 17.5 Å². The number of methoxy groups -OCH3 is 2. The van der Waals surface area contributed by atoms with Crippen LogP contribution in [0.1, 0.15) is 12.8 Å². The molecule has 3 aromatic rings. The number of ether oxygens (including phenoxy) is 2. The standard InChI is InChI=1S/C19H22N4O2S/c1-24-16-4-3-12(10-17(16)25-2)13-9-15-18(21-11-13)19(26-23-15)22-14-5-7-20-8-6-14/h3-4,9-11,14,20,22H,5-8H2,1-2H3. The molecule has 3 heterocycles. The Morgan fingerprint density at radius 2 is 1.88 bits per heavy atom. The van der Waals surface area contributed by atoms with Crippen LogP contribution in [0.3, 0.4) is 0 Å². The van der Waals surface area contributed by atoms with Crippen LogP contribution in [0, 0.1) is 0 Å². The third kappa shape index (κ3) is 3.32. The summed E-state index contributed by atoms with van der Waals surface area (Å²) in [7, 11) is 3.28. The van der Waals surface area contributed by atoms with Crippen LogP contribution in [0.25, 0.3) is 22.2 Å². The van der Waals surface area contributed by atoms with Crippen molar-refractivity contribution in [3.05, 3.63) is 30.5 Å². The van der Waals surface area contributed by atoms with Gasteiger partial charge in [0, 0.05) is 17.8 Å². The van der Waals surface area contributed by atoms with Crippen LogP contribution in [-0.4, -0.2) is 42.7 Å². The molecule has 1 aromatic carbocycles. The molecule has 26 heavy (non-hydrogen) atoms. The van der Waals surface area contributed by atoms with Gasteiger partial charge in [-0.15, -0.1) is 0 Å². The summed E-state index contributed by atoms with van der Waals surface area (Å²) < 4.78 is 15.3. The first kappa shape index (κ1) is 17.1. The van der Waals surface area contributed by atoms with Crippen LogP contribution >= 0.6 is 11.5 Å². The fourth-order valence-electron chi connectivity index (χ4n) is 3.26. The summed E-state index contributed by atoms with van der Waals surface area (Å²) in [4.78, 5) is 4.68. The maximum Gasteiger partial charge on any atom is 0.161 e. The molecule has 1 aliphatic heterocycles. The lowest BCUT2D eigenvalue weighted by atomic mass is 10.1.